The molecule has 2 aromatic rings. The normalized spacial score (nSPS) is 10.4. The van der Waals surface area contributed by atoms with Gasteiger partial charge in [0.1, 0.15) is 11.6 Å². The van der Waals surface area contributed by atoms with Crippen molar-refractivity contribution in [1.82, 2.24) is 14.9 Å². The van der Waals surface area contributed by atoms with Crippen molar-refractivity contribution in [3.05, 3.63) is 40.4 Å². The van der Waals surface area contributed by atoms with E-state index in [1.807, 2.05) is 31.2 Å². The number of benzene rings is 1. The van der Waals surface area contributed by atoms with Crippen LogP contribution in [-0.2, 0) is 6.54 Å². The Morgan fingerprint density at radius 2 is 2.32 bits per heavy atom. The summed E-state index contributed by atoms with van der Waals surface area (Å²) in [5.41, 5.74) is 4.36. The van der Waals surface area contributed by atoms with E-state index in [9.17, 15) is 0 Å². The summed E-state index contributed by atoms with van der Waals surface area (Å²) in [6.07, 6.45) is 1.01. The fraction of sp³-hybridized carbons (Fsp3) is 0.385. The van der Waals surface area contributed by atoms with Crippen LogP contribution in [0.3, 0.4) is 0 Å². The molecular weight excluding hydrogens is 260 g/mol. The molecule has 0 unspecified atom stereocenters. The molecule has 0 saturated carbocycles. The highest BCUT2D eigenvalue weighted by atomic mass is 32.1. The Bertz CT molecular complexity index is 590. The third-order valence-electron chi connectivity index (χ3n) is 2.65. The molecule has 0 radical (unpaired) electrons. The molecule has 0 aliphatic heterocycles. The summed E-state index contributed by atoms with van der Waals surface area (Å²) in [6.45, 7) is 5.38. The standard InChI is InChI=1S/C13H18N4OS/c1-3-7-18-12-6-4-5-11(8-12)9-14-17-10(2)15-16-13(17)19/h4-6,8,14H,3,7,9H2,1-2H3,(H,16,19). The Kier molecular flexibility index (Phi) is 4.57. The first-order valence-corrected chi connectivity index (χ1v) is 6.71. The smallest absolute Gasteiger partial charge is 0.214 e. The summed E-state index contributed by atoms with van der Waals surface area (Å²) in [5, 5.41) is 6.79. The number of ether oxygens (including phenoxy) is 1. The SMILES string of the molecule is CCCOc1cccc(CNn2c(C)n[nH]c2=S)c1. The van der Waals surface area contributed by atoms with Crippen molar-refractivity contribution in [3.63, 3.8) is 0 Å². The number of aromatic amines is 1. The van der Waals surface area contributed by atoms with E-state index in [1.54, 1.807) is 4.68 Å². The molecule has 0 bridgehead atoms. The Morgan fingerprint density at radius 1 is 1.47 bits per heavy atom. The minimum absolute atomic E-state index is 0.566. The molecule has 0 aliphatic rings. The molecule has 2 N–H and O–H groups in total. The van der Waals surface area contributed by atoms with Crippen molar-refractivity contribution in [2.75, 3.05) is 12.0 Å². The number of hydrogen-bond acceptors (Lipinski definition) is 4. The predicted molar refractivity (Wildman–Crippen MR) is 77.4 cm³/mol. The predicted octanol–water partition coefficient (Wildman–Crippen LogP) is 2.78. The van der Waals surface area contributed by atoms with E-state index < -0.39 is 0 Å². The van der Waals surface area contributed by atoms with Crippen LogP contribution in [0.25, 0.3) is 0 Å². The quantitative estimate of drug-likeness (QED) is 0.798. The van der Waals surface area contributed by atoms with Crippen LogP contribution in [0.5, 0.6) is 5.75 Å². The van der Waals surface area contributed by atoms with Crippen molar-refractivity contribution in [2.45, 2.75) is 26.8 Å². The highest BCUT2D eigenvalue weighted by molar-refractivity contribution is 7.71. The minimum Gasteiger partial charge on any atom is -0.494 e. The first kappa shape index (κ1) is 13.6. The van der Waals surface area contributed by atoms with Crippen LogP contribution in [0, 0.1) is 11.7 Å². The Balaban J connectivity index is 2.01. The lowest BCUT2D eigenvalue weighted by Crippen LogP contribution is -2.16. The number of nitrogens with zero attached hydrogens (tertiary/aromatic N) is 2. The van der Waals surface area contributed by atoms with E-state index in [-0.39, 0.29) is 0 Å². The van der Waals surface area contributed by atoms with Gasteiger partial charge in [-0.3, -0.25) is 5.10 Å². The lowest BCUT2D eigenvalue weighted by atomic mass is 10.2. The molecule has 1 heterocycles. The average Bonchev–Trinajstić information content (AvgIpc) is 2.74. The number of nitrogens with one attached hydrogen (secondary N) is 2. The zero-order valence-corrected chi connectivity index (χ0v) is 12.0. The Morgan fingerprint density at radius 3 is 3.00 bits per heavy atom. The van der Waals surface area contributed by atoms with Crippen molar-refractivity contribution in [3.8, 4) is 5.75 Å². The molecule has 0 amide bonds. The first-order valence-electron chi connectivity index (χ1n) is 6.30. The summed E-state index contributed by atoms with van der Waals surface area (Å²) < 4.78 is 7.93. The average molecular weight is 278 g/mol. The van der Waals surface area contributed by atoms with Crippen LogP contribution < -0.4 is 10.2 Å². The maximum Gasteiger partial charge on any atom is 0.214 e. The number of aromatic nitrogens is 3. The fourth-order valence-electron chi connectivity index (χ4n) is 1.70. The van der Waals surface area contributed by atoms with Gasteiger partial charge in [0, 0.05) is 0 Å². The zero-order chi connectivity index (χ0) is 13.7. The van der Waals surface area contributed by atoms with E-state index in [1.165, 1.54) is 0 Å². The zero-order valence-electron chi connectivity index (χ0n) is 11.1. The van der Waals surface area contributed by atoms with Crippen molar-refractivity contribution in [1.29, 1.82) is 0 Å². The summed E-state index contributed by atoms with van der Waals surface area (Å²) >= 11 is 5.13. The van der Waals surface area contributed by atoms with Crippen LogP contribution >= 0.6 is 12.2 Å². The molecule has 2 rings (SSSR count). The molecule has 19 heavy (non-hydrogen) atoms. The van der Waals surface area contributed by atoms with Gasteiger partial charge in [0.2, 0.25) is 4.77 Å². The van der Waals surface area contributed by atoms with Crippen LogP contribution in [0.15, 0.2) is 24.3 Å². The lowest BCUT2D eigenvalue weighted by molar-refractivity contribution is 0.317. The largest absolute Gasteiger partial charge is 0.494 e. The molecule has 5 nitrogen and oxygen atoms in total. The lowest BCUT2D eigenvalue weighted by Gasteiger charge is -2.10. The number of rotatable bonds is 6. The van der Waals surface area contributed by atoms with E-state index in [4.69, 9.17) is 17.0 Å². The van der Waals surface area contributed by atoms with Gasteiger partial charge < -0.3 is 10.2 Å². The number of aryl methyl sites for hydroxylation is 1. The van der Waals surface area contributed by atoms with E-state index in [2.05, 4.69) is 22.5 Å². The van der Waals surface area contributed by atoms with Gasteiger partial charge in [0.05, 0.1) is 13.2 Å². The highest BCUT2D eigenvalue weighted by Gasteiger charge is 2.01. The van der Waals surface area contributed by atoms with Gasteiger partial charge in [-0.25, -0.2) is 4.68 Å². The molecule has 0 saturated heterocycles. The molecule has 1 aromatic heterocycles. The van der Waals surface area contributed by atoms with Gasteiger partial charge in [-0.05, 0) is 43.3 Å². The maximum absolute atomic E-state index is 5.61. The highest BCUT2D eigenvalue weighted by Crippen LogP contribution is 2.13. The molecule has 0 spiro atoms. The fourth-order valence-corrected chi connectivity index (χ4v) is 1.94. The molecular formula is C13H18N4OS. The molecule has 102 valence electrons. The number of H-pyrrole nitrogens is 1. The van der Waals surface area contributed by atoms with Gasteiger partial charge >= 0.3 is 0 Å². The Labute approximate surface area is 117 Å². The third-order valence-corrected chi connectivity index (χ3v) is 2.93. The van der Waals surface area contributed by atoms with Gasteiger partial charge in [0.15, 0.2) is 0 Å². The van der Waals surface area contributed by atoms with Crippen LogP contribution in [0.2, 0.25) is 0 Å². The maximum atomic E-state index is 5.61. The van der Waals surface area contributed by atoms with Crippen molar-refractivity contribution in [2.24, 2.45) is 0 Å². The van der Waals surface area contributed by atoms with Gasteiger partial charge in [-0.15, -0.1) is 0 Å². The van der Waals surface area contributed by atoms with Gasteiger partial charge in [-0.2, -0.15) is 5.10 Å². The summed E-state index contributed by atoms with van der Waals surface area (Å²) in [6, 6.07) is 8.03. The van der Waals surface area contributed by atoms with Crippen molar-refractivity contribution < 1.29 is 4.74 Å². The first-order chi connectivity index (χ1) is 9.20. The molecule has 0 fully saturated rings. The van der Waals surface area contributed by atoms with Crippen LogP contribution in [0.4, 0.5) is 0 Å². The molecule has 6 heteroatoms. The summed E-state index contributed by atoms with van der Waals surface area (Å²) in [7, 11) is 0. The molecule has 0 aliphatic carbocycles. The Hall–Kier alpha value is -1.82. The second kappa shape index (κ2) is 6.38. The van der Waals surface area contributed by atoms with Gasteiger partial charge in [0.25, 0.3) is 0 Å². The topological polar surface area (TPSA) is 54.9 Å². The second-order valence-electron chi connectivity index (χ2n) is 4.24. The van der Waals surface area contributed by atoms with E-state index in [0.717, 1.165) is 30.2 Å². The number of hydrogen-bond donors (Lipinski definition) is 2. The molecule has 1 aromatic carbocycles. The summed E-state index contributed by atoms with van der Waals surface area (Å²) in [5.74, 6) is 1.71. The second-order valence-corrected chi connectivity index (χ2v) is 4.63. The van der Waals surface area contributed by atoms with Crippen molar-refractivity contribution >= 4 is 12.2 Å². The summed E-state index contributed by atoms with van der Waals surface area (Å²) in [4.78, 5) is 0. The van der Waals surface area contributed by atoms with Crippen LogP contribution in [-0.4, -0.2) is 21.5 Å². The van der Waals surface area contributed by atoms with E-state index in [0.29, 0.717) is 11.3 Å². The van der Waals surface area contributed by atoms with Gasteiger partial charge in [-0.1, -0.05) is 19.1 Å². The van der Waals surface area contributed by atoms with E-state index >= 15 is 0 Å². The minimum atomic E-state index is 0.566. The monoisotopic (exact) mass is 278 g/mol. The molecule has 0 atom stereocenters. The van der Waals surface area contributed by atoms with Crippen LogP contribution in [0.1, 0.15) is 24.7 Å². The third kappa shape index (κ3) is 3.57.